The predicted molar refractivity (Wildman–Crippen MR) is 97.0 cm³/mol. The lowest BCUT2D eigenvalue weighted by molar-refractivity contribution is -0.139. The van der Waals surface area contributed by atoms with Crippen molar-refractivity contribution in [3.8, 4) is 0 Å². The van der Waals surface area contributed by atoms with Crippen molar-refractivity contribution in [2.75, 3.05) is 19.7 Å². The summed E-state index contributed by atoms with van der Waals surface area (Å²) in [6.07, 6.45) is 5.03. The zero-order chi connectivity index (χ0) is 18.8. The molecule has 1 aromatic heterocycles. The molecular formula is C19H28N4O4. The monoisotopic (exact) mass is 376 g/mol. The van der Waals surface area contributed by atoms with Gasteiger partial charge in [0.25, 0.3) is 5.91 Å². The van der Waals surface area contributed by atoms with E-state index in [1.54, 1.807) is 0 Å². The third-order valence-corrected chi connectivity index (χ3v) is 6.06. The van der Waals surface area contributed by atoms with Crippen LogP contribution in [0.1, 0.15) is 60.3 Å². The highest BCUT2D eigenvalue weighted by Crippen LogP contribution is 2.28. The zero-order valence-corrected chi connectivity index (χ0v) is 15.6. The lowest BCUT2D eigenvalue weighted by atomic mass is 9.82. The molecule has 3 aliphatic rings. The molecule has 0 unspecified atom stereocenters. The van der Waals surface area contributed by atoms with E-state index in [9.17, 15) is 14.7 Å². The first-order valence-electron chi connectivity index (χ1n) is 10.0. The Kier molecular flexibility index (Phi) is 5.45. The first-order chi connectivity index (χ1) is 13.1. The summed E-state index contributed by atoms with van der Waals surface area (Å²) in [6.45, 7) is 2.67. The molecule has 148 valence electrons. The minimum absolute atomic E-state index is 0.141. The molecule has 0 radical (unpaired) electrons. The molecular weight excluding hydrogens is 348 g/mol. The van der Waals surface area contributed by atoms with E-state index in [-0.39, 0.29) is 23.8 Å². The Morgan fingerprint density at radius 2 is 2.04 bits per heavy atom. The molecule has 0 spiro atoms. The maximum atomic E-state index is 12.7. The molecule has 2 amide bonds. The number of hydrogen-bond acceptors (Lipinski definition) is 5. The average Bonchev–Trinajstić information content (AvgIpc) is 3.14. The van der Waals surface area contributed by atoms with Crippen LogP contribution in [0.4, 0.5) is 0 Å². The number of piperidine rings is 1. The Labute approximate surface area is 158 Å². The van der Waals surface area contributed by atoms with Gasteiger partial charge in [0, 0.05) is 36.7 Å². The molecule has 1 saturated carbocycles. The van der Waals surface area contributed by atoms with Crippen LogP contribution < -0.4 is 5.32 Å². The Bertz CT molecular complexity index is 698. The van der Waals surface area contributed by atoms with E-state index < -0.39 is 6.10 Å². The van der Waals surface area contributed by atoms with Crippen molar-refractivity contribution in [3.05, 3.63) is 17.0 Å². The van der Waals surface area contributed by atoms with Crippen LogP contribution in [0.25, 0.3) is 0 Å². The number of nitrogens with one attached hydrogen (secondary N) is 2. The summed E-state index contributed by atoms with van der Waals surface area (Å²) in [6, 6.07) is -0.347. The summed E-state index contributed by atoms with van der Waals surface area (Å²) in [7, 11) is 0. The molecule has 8 nitrogen and oxygen atoms in total. The highest BCUT2D eigenvalue weighted by Gasteiger charge is 2.36. The first-order valence-corrected chi connectivity index (χ1v) is 10.0. The van der Waals surface area contributed by atoms with E-state index in [4.69, 9.17) is 4.74 Å². The summed E-state index contributed by atoms with van der Waals surface area (Å²) in [5.41, 5.74) is 2.11. The predicted octanol–water partition coefficient (Wildman–Crippen LogP) is 0.754. The molecule has 0 aromatic carbocycles. The first kappa shape index (κ1) is 18.4. The van der Waals surface area contributed by atoms with Gasteiger partial charge in [0.1, 0.15) is 0 Å². The number of aromatic nitrogens is 2. The van der Waals surface area contributed by atoms with E-state index >= 15 is 0 Å². The van der Waals surface area contributed by atoms with Crippen molar-refractivity contribution in [1.82, 2.24) is 20.4 Å². The number of aromatic amines is 1. The molecule has 1 aliphatic carbocycles. The van der Waals surface area contributed by atoms with Gasteiger partial charge in [-0.15, -0.1) is 0 Å². The van der Waals surface area contributed by atoms with Gasteiger partial charge in [-0.2, -0.15) is 5.10 Å². The lowest BCUT2D eigenvalue weighted by Gasteiger charge is -2.36. The number of nitrogens with zero attached hydrogens (tertiary/aromatic N) is 2. The van der Waals surface area contributed by atoms with Crippen LogP contribution in [-0.2, 0) is 22.6 Å². The van der Waals surface area contributed by atoms with E-state index in [0.29, 0.717) is 38.2 Å². The smallest absolute Gasteiger partial charge is 0.272 e. The van der Waals surface area contributed by atoms with Crippen LogP contribution in [0, 0.1) is 5.92 Å². The van der Waals surface area contributed by atoms with E-state index in [2.05, 4.69) is 15.5 Å². The Morgan fingerprint density at radius 3 is 2.81 bits per heavy atom. The number of carbonyl (C=O) groups excluding carboxylic acids is 2. The van der Waals surface area contributed by atoms with Crippen LogP contribution in [0.2, 0.25) is 0 Å². The molecule has 27 heavy (non-hydrogen) atoms. The van der Waals surface area contributed by atoms with Gasteiger partial charge < -0.3 is 20.1 Å². The summed E-state index contributed by atoms with van der Waals surface area (Å²) in [5, 5.41) is 20.5. The summed E-state index contributed by atoms with van der Waals surface area (Å²) < 4.78 is 5.42. The minimum Gasteiger partial charge on any atom is -0.391 e. The molecule has 1 aromatic rings. The molecule has 1 saturated heterocycles. The molecule has 0 bridgehead atoms. The van der Waals surface area contributed by atoms with Gasteiger partial charge in [0.2, 0.25) is 5.91 Å². The minimum atomic E-state index is -0.715. The van der Waals surface area contributed by atoms with Crippen LogP contribution in [0.5, 0.6) is 0 Å². The second-order valence-electron chi connectivity index (χ2n) is 7.88. The topological polar surface area (TPSA) is 108 Å². The van der Waals surface area contributed by atoms with Gasteiger partial charge in [-0.05, 0) is 38.5 Å². The highest BCUT2D eigenvalue weighted by atomic mass is 16.5. The van der Waals surface area contributed by atoms with Gasteiger partial charge in [-0.25, -0.2) is 0 Å². The van der Waals surface area contributed by atoms with Crippen molar-refractivity contribution < 1.29 is 19.4 Å². The maximum Gasteiger partial charge on any atom is 0.272 e. The van der Waals surface area contributed by atoms with Gasteiger partial charge in [-0.3, -0.25) is 14.7 Å². The number of likely N-dealkylation sites (tertiary alicyclic amines) is 1. The third-order valence-electron chi connectivity index (χ3n) is 6.06. The van der Waals surface area contributed by atoms with Crippen LogP contribution in [0.15, 0.2) is 0 Å². The van der Waals surface area contributed by atoms with E-state index in [1.807, 2.05) is 4.90 Å². The quantitative estimate of drug-likeness (QED) is 0.722. The van der Waals surface area contributed by atoms with Gasteiger partial charge in [-0.1, -0.05) is 0 Å². The number of aliphatic hydroxyl groups is 1. The molecule has 2 fully saturated rings. The van der Waals surface area contributed by atoms with Crippen LogP contribution >= 0.6 is 0 Å². The number of fused-ring (bicyclic) bond motifs is 1. The van der Waals surface area contributed by atoms with Gasteiger partial charge in [0.05, 0.1) is 25.4 Å². The Morgan fingerprint density at radius 1 is 1.22 bits per heavy atom. The summed E-state index contributed by atoms with van der Waals surface area (Å²) >= 11 is 0. The van der Waals surface area contributed by atoms with Crippen molar-refractivity contribution in [1.29, 1.82) is 0 Å². The molecule has 4 rings (SSSR count). The normalized spacial score (nSPS) is 28.5. The summed E-state index contributed by atoms with van der Waals surface area (Å²) in [4.78, 5) is 27.2. The second kappa shape index (κ2) is 7.98. The molecule has 2 aliphatic heterocycles. The van der Waals surface area contributed by atoms with E-state index in [1.165, 1.54) is 6.42 Å². The lowest BCUT2D eigenvalue weighted by Crippen LogP contribution is -2.50. The summed E-state index contributed by atoms with van der Waals surface area (Å²) in [5.74, 6) is -0.266. The van der Waals surface area contributed by atoms with Gasteiger partial charge >= 0.3 is 0 Å². The number of aliphatic hydroxyl groups excluding tert-OH is 1. The average molecular weight is 376 g/mol. The van der Waals surface area contributed by atoms with Crippen LogP contribution in [0.3, 0.4) is 0 Å². The number of hydrogen-bond donors (Lipinski definition) is 3. The van der Waals surface area contributed by atoms with E-state index in [0.717, 1.165) is 43.6 Å². The SMILES string of the molecule is O=C(N[C@@H]1CC[C@H](C(=O)N2CCCCC2)C[C@H]1O)c1n[nH]c2c1COCC2. The fourth-order valence-electron chi connectivity index (χ4n) is 4.45. The fraction of sp³-hybridized carbons (Fsp3) is 0.737. The van der Waals surface area contributed by atoms with Crippen molar-refractivity contribution in [2.45, 2.75) is 63.7 Å². The Balaban J connectivity index is 1.34. The van der Waals surface area contributed by atoms with Crippen molar-refractivity contribution in [3.63, 3.8) is 0 Å². The maximum absolute atomic E-state index is 12.7. The number of H-pyrrole nitrogens is 1. The second-order valence-corrected chi connectivity index (χ2v) is 7.88. The Hall–Kier alpha value is -1.93. The fourth-order valence-corrected chi connectivity index (χ4v) is 4.45. The van der Waals surface area contributed by atoms with Crippen molar-refractivity contribution >= 4 is 11.8 Å². The number of rotatable bonds is 3. The van der Waals surface area contributed by atoms with Gasteiger partial charge in [0.15, 0.2) is 5.69 Å². The molecule has 3 N–H and O–H groups in total. The zero-order valence-electron chi connectivity index (χ0n) is 15.6. The molecule has 3 heterocycles. The standard InChI is InChI=1S/C19H28N4O4/c24-16-10-12(19(26)23-7-2-1-3-8-23)4-5-15(16)20-18(25)17-13-11-27-9-6-14(13)21-22-17/h12,15-16,24H,1-11H2,(H,20,25)(H,21,22)/t12-,15+,16+/m0/s1. The molecule has 3 atom stereocenters. The van der Waals surface area contributed by atoms with Crippen LogP contribution in [-0.4, -0.2) is 63.9 Å². The third kappa shape index (κ3) is 3.87. The number of amides is 2. The molecule has 8 heteroatoms. The highest BCUT2D eigenvalue weighted by molar-refractivity contribution is 5.94. The van der Waals surface area contributed by atoms with Crippen molar-refractivity contribution in [2.24, 2.45) is 5.92 Å². The number of carbonyl (C=O) groups is 2. The largest absolute Gasteiger partial charge is 0.391 e. The number of ether oxygens (including phenoxy) is 1.